The Labute approximate surface area is 175 Å². The summed E-state index contributed by atoms with van der Waals surface area (Å²) in [5.41, 5.74) is 0.942. The van der Waals surface area contributed by atoms with Gasteiger partial charge >= 0.3 is 0 Å². The molecule has 0 aliphatic carbocycles. The highest BCUT2D eigenvalue weighted by molar-refractivity contribution is 7.89. The Morgan fingerprint density at radius 1 is 0.833 bits per heavy atom. The van der Waals surface area contributed by atoms with Gasteiger partial charge in [0.25, 0.3) is 0 Å². The molecule has 7 nitrogen and oxygen atoms in total. The van der Waals surface area contributed by atoms with Gasteiger partial charge in [-0.2, -0.15) is 4.31 Å². The lowest BCUT2D eigenvalue weighted by atomic mass is 10.2. The fourth-order valence-corrected chi connectivity index (χ4v) is 5.28. The lowest BCUT2D eigenvalue weighted by molar-refractivity contribution is 0.296. The van der Waals surface area contributed by atoms with Crippen molar-refractivity contribution in [3.8, 4) is 11.5 Å². The zero-order chi connectivity index (χ0) is 20.6. The largest absolute Gasteiger partial charge is 0.490 e. The molecule has 8 heteroatoms. The summed E-state index contributed by atoms with van der Waals surface area (Å²) in [5.74, 6) is 1.97. The van der Waals surface area contributed by atoms with Crippen molar-refractivity contribution in [2.45, 2.75) is 11.3 Å². The number of anilines is 1. The number of nitrogens with zero attached hydrogens (tertiary/aromatic N) is 3. The maximum absolute atomic E-state index is 13.2. The molecule has 5 rings (SSSR count). The van der Waals surface area contributed by atoms with E-state index in [1.54, 1.807) is 18.2 Å². The van der Waals surface area contributed by atoms with Gasteiger partial charge in [0.2, 0.25) is 10.0 Å². The third-order valence-electron chi connectivity index (χ3n) is 5.50. The van der Waals surface area contributed by atoms with Crippen molar-refractivity contribution >= 4 is 26.7 Å². The minimum absolute atomic E-state index is 0.240. The van der Waals surface area contributed by atoms with Crippen LogP contribution in [0, 0.1) is 0 Å². The van der Waals surface area contributed by atoms with Crippen LogP contribution in [-0.2, 0) is 10.0 Å². The Morgan fingerprint density at radius 2 is 1.60 bits per heavy atom. The molecule has 2 aliphatic heterocycles. The van der Waals surface area contributed by atoms with Gasteiger partial charge in [0.1, 0.15) is 5.82 Å². The molecule has 30 heavy (non-hydrogen) atoms. The summed E-state index contributed by atoms with van der Waals surface area (Å²) in [6.45, 7) is 3.10. The molecule has 3 aromatic rings. The van der Waals surface area contributed by atoms with E-state index >= 15 is 0 Å². The first-order chi connectivity index (χ1) is 14.6. The zero-order valence-corrected chi connectivity index (χ0v) is 17.3. The van der Waals surface area contributed by atoms with Crippen LogP contribution in [0.25, 0.3) is 10.9 Å². The first-order valence-corrected chi connectivity index (χ1v) is 11.6. The SMILES string of the molecule is O=S(=O)(c1ccc2c(c1)OCCCO2)N1CCN(c2ccc3ccccc3n2)CC1. The van der Waals surface area contributed by atoms with Crippen molar-refractivity contribution < 1.29 is 17.9 Å². The van der Waals surface area contributed by atoms with Gasteiger partial charge in [-0.1, -0.05) is 18.2 Å². The monoisotopic (exact) mass is 425 g/mol. The standard InChI is InChI=1S/C22H23N3O4S/c26-30(27,18-7-8-20-21(16-18)29-15-3-14-28-20)25-12-10-24(11-13-25)22-9-6-17-4-1-2-5-19(17)23-22/h1-2,4-9,16H,3,10-15H2. The molecule has 0 saturated carbocycles. The van der Waals surface area contributed by atoms with Crippen LogP contribution in [-0.4, -0.2) is 57.1 Å². The number of aromatic nitrogens is 1. The molecular formula is C22H23N3O4S. The first-order valence-electron chi connectivity index (χ1n) is 10.1. The number of fused-ring (bicyclic) bond motifs is 2. The lowest BCUT2D eigenvalue weighted by Gasteiger charge is -2.34. The molecule has 0 bridgehead atoms. The smallest absolute Gasteiger partial charge is 0.243 e. The average molecular weight is 426 g/mol. The van der Waals surface area contributed by atoms with Gasteiger partial charge in [-0.05, 0) is 30.3 Å². The third kappa shape index (κ3) is 3.57. The number of rotatable bonds is 3. The van der Waals surface area contributed by atoms with E-state index in [1.165, 1.54) is 4.31 Å². The van der Waals surface area contributed by atoms with E-state index in [9.17, 15) is 8.42 Å². The van der Waals surface area contributed by atoms with Gasteiger partial charge in [-0.25, -0.2) is 13.4 Å². The highest BCUT2D eigenvalue weighted by atomic mass is 32.2. The molecular weight excluding hydrogens is 402 g/mol. The molecule has 0 atom stereocenters. The second-order valence-corrected chi connectivity index (χ2v) is 9.35. The Hall–Kier alpha value is -2.84. The molecule has 0 unspecified atom stereocenters. The lowest BCUT2D eigenvalue weighted by Crippen LogP contribution is -2.48. The molecule has 156 valence electrons. The number of hydrogen-bond donors (Lipinski definition) is 0. The second kappa shape index (κ2) is 7.77. The number of sulfonamides is 1. The molecule has 2 aliphatic rings. The summed E-state index contributed by atoms with van der Waals surface area (Å²) < 4.78 is 39.1. The molecule has 0 N–H and O–H groups in total. The number of hydrogen-bond acceptors (Lipinski definition) is 6. The van der Waals surface area contributed by atoms with Crippen LogP contribution in [0.2, 0.25) is 0 Å². The van der Waals surface area contributed by atoms with Gasteiger partial charge in [0.15, 0.2) is 11.5 Å². The molecule has 0 amide bonds. The number of ether oxygens (including phenoxy) is 2. The topological polar surface area (TPSA) is 72.0 Å². The van der Waals surface area contributed by atoms with Crippen LogP contribution in [0.15, 0.2) is 59.5 Å². The quantitative estimate of drug-likeness (QED) is 0.643. The summed E-state index contributed by atoms with van der Waals surface area (Å²) in [4.78, 5) is 7.10. The minimum atomic E-state index is -3.60. The summed E-state index contributed by atoms with van der Waals surface area (Å²) in [7, 11) is -3.60. The van der Waals surface area contributed by atoms with Crippen molar-refractivity contribution in [3.05, 3.63) is 54.6 Å². The van der Waals surface area contributed by atoms with Crippen molar-refractivity contribution in [1.82, 2.24) is 9.29 Å². The summed E-state index contributed by atoms with van der Waals surface area (Å²) >= 11 is 0. The normalized spacial score (nSPS) is 17.7. The van der Waals surface area contributed by atoms with E-state index < -0.39 is 10.0 Å². The molecule has 0 radical (unpaired) electrons. The van der Waals surface area contributed by atoms with Crippen LogP contribution >= 0.6 is 0 Å². The summed E-state index contributed by atoms with van der Waals surface area (Å²) in [5, 5.41) is 1.09. The predicted molar refractivity (Wildman–Crippen MR) is 115 cm³/mol. The molecule has 1 aromatic heterocycles. The van der Waals surface area contributed by atoms with E-state index in [4.69, 9.17) is 14.5 Å². The van der Waals surface area contributed by atoms with Gasteiger partial charge in [-0.3, -0.25) is 0 Å². The van der Waals surface area contributed by atoms with Crippen LogP contribution < -0.4 is 14.4 Å². The summed E-state index contributed by atoms with van der Waals surface area (Å²) in [6, 6.07) is 16.9. The Morgan fingerprint density at radius 3 is 2.43 bits per heavy atom. The predicted octanol–water partition coefficient (Wildman–Crippen LogP) is 2.91. The summed E-state index contributed by atoms with van der Waals surface area (Å²) in [6.07, 6.45) is 0.779. The molecule has 2 aromatic carbocycles. The number of para-hydroxylation sites is 1. The van der Waals surface area contributed by atoms with E-state index in [-0.39, 0.29) is 4.90 Å². The molecule has 1 saturated heterocycles. The Bertz CT molecular complexity index is 1170. The Balaban J connectivity index is 1.32. The highest BCUT2D eigenvalue weighted by Gasteiger charge is 2.30. The van der Waals surface area contributed by atoms with Crippen molar-refractivity contribution in [3.63, 3.8) is 0 Å². The van der Waals surface area contributed by atoms with Crippen LogP contribution in [0.5, 0.6) is 11.5 Å². The number of piperazine rings is 1. The average Bonchev–Trinajstić information content (AvgIpc) is 3.04. The highest BCUT2D eigenvalue weighted by Crippen LogP contribution is 2.33. The maximum Gasteiger partial charge on any atom is 0.243 e. The minimum Gasteiger partial charge on any atom is -0.490 e. The molecule has 3 heterocycles. The van der Waals surface area contributed by atoms with Crippen molar-refractivity contribution in [2.24, 2.45) is 0 Å². The first kappa shape index (κ1) is 19.1. The van der Waals surface area contributed by atoms with E-state index in [0.717, 1.165) is 23.1 Å². The number of benzene rings is 2. The van der Waals surface area contributed by atoms with Gasteiger partial charge < -0.3 is 14.4 Å². The van der Waals surface area contributed by atoms with Crippen LogP contribution in [0.3, 0.4) is 0 Å². The second-order valence-electron chi connectivity index (χ2n) is 7.41. The van der Waals surface area contributed by atoms with E-state index in [0.29, 0.717) is 50.9 Å². The fraction of sp³-hybridized carbons (Fsp3) is 0.318. The van der Waals surface area contributed by atoms with E-state index in [2.05, 4.69) is 11.0 Å². The molecule has 0 spiro atoms. The van der Waals surface area contributed by atoms with Gasteiger partial charge in [0.05, 0.1) is 23.6 Å². The van der Waals surface area contributed by atoms with Crippen molar-refractivity contribution in [1.29, 1.82) is 0 Å². The fourth-order valence-electron chi connectivity index (χ4n) is 3.84. The number of pyridine rings is 1. The Kier molecular flexibility index (Phi) is 4.96. The van der Waals surface area contributed by atoms with E-state index in [1.807, 2.05) is 30.3 Å². The maximum atomic E-state index is 13.2. The van der Waals surface area contributed by atoms with Crippen LogP contribution in [0.1, 0.15) is 6.42 Å². The van der Waals surface area contributed by atoms with Gasteiger partial charge in [0, 0.05) is 44.1 Å². The van der Waals surface area contributed by atoms with Crippen molar-refractivity contribution in [2.75, 3.05) is 44.3 Å². The zero-order valence-electron chi connectivity index (χ0n) is 16.5. The van der Waals surface area contributed by atoms with Gasteiger partial charge in [-0.15, -0.1) is 0 Å². The van der Waals surface area contributed by atoms with Crippen LogP contribution in [0.4, 0.5) is 5.82 Å². The molecule has 1 fully saturated rings. The third-order valence-corrected chi connectivity index (χ3v) is 7.40.